The van der Waals surface area contributed by atoms with Gasteiger partial charge in [0.05, 0.1) is 12.6 Å². The molecule has 0 unspecified atom stereocenters. The molecule has 1 atom stereocenters. The van der Waals surface area contributed by atoms with Crippen LogP contribution in [0.5, 0.6) is 0 Å². The Morgan fingerprint density at radius 3 is 2.76 bits per heavy atom. The van der Waals surface area contributed by atoms with E-state index >= 15 is 0 Å². The third-order valence-corrected chi connectivity index (χ3v) is 3.73. The molecule has 0 saturated carbocycles. The highest BCUT2D eigenvalue weighted by atomic mass is 16.6. The highest BCUT2D eigenvalue weighted by Crippen LogP contribution is 2.15. The molecule has 1 aliphatic rings. The van der Waals surface area contributed by atoms with Crippen molar-refractivity contribution in [3.05, 3.63) is 35.9 Å². The second-order valence-electron chi connectivity index (χ2n) is 5.14. The topological polar surface area (TPSA) is 75.9 Å². The summed E-state index contributed by atoms with van der Waals surface area (Å²) in [5.41, 5.74) is 6.30. The van der Waals surface area contributed by atoms with Crippen molar-refractivity contribution in [1.29, 1.82) is 0 Å². The Hall–Kier alpha value is -2.08. The molecular formula is C15H21N3O3. The molecule has 0 bridgehead atoms. The number of hydrogen-bond acceptors (Lipinski definition) is 4. The maximum Gasteiger partial charge on any atom is 0.410 e. The Kier molecular flexibility index (Phi) is 5.16. The minimum absolute atomic E-state index is 0.00882. The number of benzene rings is 1. The Bertz CT molecular complexity index is 492. The lowest BCUT2D eigenvalue weighted by Gasteiger charge is -2.24. The van der Waals surface area contributed by atoms with E-state index in [9.17, 15) is 9.59 Å². The molecular weight excluding hydrogens is 270 g/mol. The molecule has 1 aromatic rings. The SMILES string of the molecule is CN(C(=O)OCc1ccccc1)[C@@H]1CCN(C(=O)CN)C1. The highest BCUT2D eigenvalue weighted by molar-refractivity contribution is 5.78. The number of carbonyl (C=O) groups excluding carboxylic acids is 2. The van der Waals surface area contributed by atoms with Crippen LogP contribution in [0.15, 0.2) is 30.3 Å². The number of nitrogens with two attached hydrogens (primary N) is 1. The quantitative estimate of drug-likeness (QED) is 0.891. The van der Waals surface area contributed by atoms with Gasteiger partial charge in [0.15, 0.2) is 0 Å². The molecule has 2 rings (SSSR count). The fourth-order valence-corrected chi connectivity index (χ4v) is 2.38. The van der Waals surface area contributed by atoms with E-state index in [1.54, 1.807) is 16.8 Å². The van der Waals surface area contributed by atoms with E-state index in [0.717, 1.165) is 12.0 Å². The number of likely N-dealkylation sites (tertiary alicyclic amines) is 1. The van der Waals surface area contributed by atoms with Gasteiger partial charge in [-0.25, -0.2) is 4.79 Å². The number of likely N-dealkylation sites (N-methyl/N-ethyl adjacent to an activating group) is 1. The summed E-state index contributed by atoms with van der Waals surface area (Å²) in [5.74, 6) is -0.0800. The van der Waals surface area contributed by atoms with Crippen molar-refractivity contribution in [3.63, 3.8) is 0 Å². The summed E-state index contributed by atoms with van der Waals surface area (Å²) < 4.78 is 5.28. The van der Waals surface area contributed by atoms with Gasteiger partial charge in [-0.05, 0) is 12.0 Å². The monoisotopic (exact) mass is 291 g/mol. The lowest BCUT2D eigenvalue weighted by atomic mass is 10.2. The predicted octanol–water partition coefficient (Wildman–Crippen LogP) is 0.815. The number of ether oxygens (including phenoxy) is 1. The third-order valence-electron chi connectivity index (χ3n) is 3.73. The molecule has 1 aliphatic heterocycles. The zero-order valence-electron chi connectivity index (χ0n) is 12.2. The van der Waals surface area contributed by atoms with Crippen molar-refractivity contribution >= 4 is 12.0 Å². The summed E-state index contributed by atoms with van der Waals surface area (Å²) >= 11 is 0. The minimum atomic E-state index is -0.370. The molecule has 2 N–H and O–H groups in total. The van der Waals surface area contributed by atoms with E-state index in [1.807, 2.05) is 30.3 Å². The molecule has 0 spiro atoms. The smallest absolute Gasteiger partial charge is 0.410 e. The molecule has 1 fully saturated rings. The summed E-state index contributed by atoms with van der Waals surface area (Å²) in [6, 6.07) is 9.53. The van der Waals surface area contributed by atoms with Gasteiger partial charge in [0.1, 0.15) is 6.61 Å². The predicted molar refractivity (Wildman–Crippen MR) is 78.4 cm³/mol. The summed E-state index contributed by atoms with van der Waals surface area (Å²) in [4.78, 5) is 26.8. The summed E-state index contributed by atoms with van der Waals surface area (Å²) in [7, 11) is 1.70. The van der Waals surface area contributed by atoms with Crippen LogP contribution in [0.1, 0.15) is 12.0 Å². The fourth-order valence-electron chi connectivity index (χ4n) is 2.38. The summed E-state index contributed by atoms with van der Waals surface area (Å²) in [5, 5.41) is 0. The maximum atomic E-state index is 12.0. The molecule has 6 heteroatoms. The summed E-state index contributed by atoms with van der Waals surface area (Å²) in [6.45, 7) is 1.42. The van der Waals surface area contributed by atoms with Crippen molar-refractivity contribution in [2.24, 2.45) is 5.73 Å². The average molecular weight is 291 g/mol. The highest BCUT2D eigenvalue weighted by Gasteiger charge is 2.31. The molecule has 2 amide bonds. The van der Waals surface area contributed by atoms with Crippen LogP contribution in [0, 0.1) is 0 Å². The maximum absolute atomic E-state index is 12.0. The van der Waals surface area contributed by atoms with Crippen LogP contribution in [0.25, 0.3) is 0 Å². The van der Waals surface area contributed by atoms with Gasteiger partial charge in [-0.1, -0.05) is 30.3 Å². The van der Waals surface area contributed by atoms with Crippen LogP contribution in [-0.4, -0.2) is 54.5 Å². The molecule has 0 aromatic heterocycles. The van der Waals surface area contributed by atoms with Gasteiger partial charge >= 0.3 is 6.09 Å². The van der Waals surface area contributed by atoms with Crippen molar-refractivity contribution in [3.8, 4) is 0 Å². The Morgan fingerprint density at radius 2 is 2.10 bits per heavy atom. The zero-order valence-corrected chi connectivity index (χ0v) is 12.2. The van der Waals surface area contributed by atoms with Crippen LogP contribution >= 0.6 is 0 Å². The van der Waals surface area contributed by atoms with Crippen LogP contribution < -0.4 is 5.73 Å². The molecule has 0 radical (unpaired) electrons. The van der Waals surface area contributed by atoms with Crippen LogP contribution in [0.2, 0.25) is 0 Å². The number of hydrogen-bond donors (Lipinski definition) is 1. The van der Waals surface area contributed by atoms with Gasteiger partial charge in [0.2, 0.25) is 5.91 Å². The third kappa shape index (κ3) is 3.95. The Labute approximate surface area is 124 Å². The van der Waals surface area contributed by atoms with E-state index < -0.39 is 0 Å². The normalized spacial score (nSPS) is 17.6. The molecule has 114 valence electrons. The second-order valence-corrected chi connectivity index (χ2v) is 5.14. The largest absolute Gasteiger partial charge is 0.445 e. The molecule has 6 nitrogen and oxygen atoms in total. The number of amides is 2. The van der Waals surface area contributed by atoms with E-state index in [-0.39, 0.29) is 31.2 Å². The average Bonchev–Trinajstić information content (AvgIpc) is 3.02. The number of nitrogens with zero attached hydrogens (tertiary/aromatic N) is 2. The first-order valence-electron chi connectivity index (χ1n) is 7.03. The minimum Gasteiger partial charge on any atom is -0.445 e. The van der Waals surface area contributed by atoms with Crippen molar-refractivity contribution < 1.29 is 14.3 Å². The van der Waals surface area contributed by atoms with E-state index in [4.69, 9.17) is 10.5 Å². The standard InChI is InChI=1S/C15H21N3O3/c1-17(13-7-8-18(10-13)14(19)9-16)15(20)21-11-12-5-3-2-4-6-12/h2-6,13H,7-11,16H2,1H3/t13-/m1/s1. The van der Waals surface area contributed by atoms with E-state index in [1.165, 1.54) is 0 Å². The lowest BCUT2D eigenvalue weighted by molar-refractivity contribution is -0.128. The van der Waals surface area contributed by atoms with Gasteiger partial charge in [-0.15, -0.1) is 0 Å². The van der Waals surface area contributed by atoms with Crippen molar-refractivity contribution in [1.82, 2.24) is 9.80 Å². The lowest BCUT2D eigenvalue weighted by Crippen LogP contribution is -2.41. The molecule has 21 heavy (non-hydrogen) atoms. The molecule has 1 heterocycles. The first-order valence-corrected chi connectivity index (χ1v) is 7.03. The van der Waals surface area contributed by atoms with Crippen molar-refractivity contribution in [2.45, 2.75) is 19.1 Å². The van der Waals surface area contributed by atoms with Crippen LogP contribution in [-0.2, 0) is 16.1 Å². The van der Waals surface area contributed by atoms with Gasteiger partial charge in [-0.3, -0.25) is 4.79 Å². The van der Waals surface area contributed by atoms with Gasteiger partial charge in [-0.2, -0.15) is 0 Å². The van der Waals surface area contributed by atoms with Gasteiger partial charge < -0.3 is 20.3 Å². The molecule has 0 aliphatic carbocycles. The molecule has 1 saturated heterocycles. The zero-order chi connectivity index (χ0) is 15.2. The van der Waals surface area contributed by atoms with Crippen molar-refractivity contribution in [2.75, 3.05) is 26.7 Å². The van der Waals surface area contributed by atoms with Gasteiger partial charge in [0, 0.05) is 20.1 Å². The number of carbonyl (C=O) groups is 2. The van der Waals surface area contributed by atoms with E-state index in [2.05, 4.69) is 0 Å². The first-order chi connectivity index (χ1) is 10.1. The van der Waals surface area contributed by atoms with Gasteiger partial charge in [0.25, 0.3) is 0 Å². The van der Waals surface area contributed by atoms with Crippen LogP contribution in [0.4, 0.5) is 4.79 Å². The Morgan fingerprint density at radius 1 is 1.38 bits per heavy atom. The number of rotatable bonds is 4. The first kappa shape index (κ1) is 15.3. The fraction of sp³-hybridized carbons (Fsp3) is 0.467. The Balaban J connectivity index is 1.81. The second kappa shape index (κ2) is 7.08. The summed E-state index contributed by atoms with van der Waals surface area (Å²) in [6.07, 6.45) is 0.383. The van der Waals surface area contributed by atoms with Crippen LogP contribution in [0.3, 0.4) is 0 Å². The van der Waals surface area contributed by atoms with E-state index in [0.29, 0.717) is 13.1 Å². The molecule has 1 aromatic carbocycles.